The maximum Gasteiger partial charge on any atom is 0.366 e. The number of carbonyl (C=O) groups is 1. The highest BCUT2D eigenvalue weighted by molar-refractivity contribution is 7.58. The van der Waals surface area contributed by atoms with Crippen LogP contribution in [0.25, 0.3) is 21.9 Å². The molecule has 0 aliphatic carbocycles. The molecule has 5 rings (SSSR count). The Labute approximate surface area is 265 Å². The van der Waals surface area contributed by atoms with Gasteiger partial charge in [0, 0.05) is 5.39 Å². The summed E-state index contributed by atoms with van der Waals surface area (Å²) in [5, 5.41) is 39.9. The number of carboxylic acids is 1. The average molecular weight is 658 g/mol. The largest absolute Gasteiger partial charge is 0.480 e. The van der Waals surface area contributed by atoms with Gasteiger partial charge in [-0.05, 0) is 36.6 Å². The first-order chi connectivity index (χ1) is 21.6. The first-order valence-electron chi connectivity index (χ1n) is 14.7. The molecule has 15 nitrogen and oxygen atoms in total. The molecule has 2 aromatic heterocycles. The Bertz CT molecular complexity index is 1770. The molecule has 248 valence electrons. The monoisotopic (exact) mass is 657 g/mol. The van der Waals surface area contributed by atoms with E-state index in [2.05, 4.69) is 25.1 Å². The van der Waals surface area contributed by atoms with E-state index in [0.717, 1.165) is 10.8 Å². The number of anilines is 2. The Balaban J connectivity index is 1.43. The lowest BCUT2D eigenvalue weighted by atomic mass is 9.89. The fourth-order valence-corrected chi connectivity index (χ4v) is 7.11. The van der Waals surface area contributed by atoms with Gasteiger partial charge in [-0.2, -0.15) is 9.97 Å². The van der Waals surface area contributed by atoms with Crippen LogP contribution in [-0.4, -0.2) is 78.4 Å². The second kappa shape index (κ2) is 12.7. The standard InChI is InChI=1S/C30H40N7O8P/c1-29(2,3)14-13-20(26(39)40)36-46(42,35-19-12-8-10-17-9-6-7-11-18(17)19)44-15-21-23(38)30(4,41)27(45-21)37-16-32-22-24(37)33-28(31)34-25(22)43-5/h6-12,16,20-21,23,27,38,41H,13-15H2,1-5H3,(H,39,40)(H2,31,33,34)(H2,35,36,42)/t20-,21+,23+,27?,30+,46?/m0/s1. The lowest BCUT2D eigenvalue weighted by Crippen LogP contribution is -2.44. The number of carboxylic acid groups (broad SMARTS) is 1. The Kier molecular flexibility index (Phi) is 9.28. The third-order valence-corrected chi connectivity index (χ3v) is 9.59. The van der Waals surface area contributed by atoms with E-state index < -0.39 is 50.3 Å². The number of hydrogen-bond acceptors (Lipinski definition) is 11. The van der Waals surface area contributed by atoms with E-state index in [0.29, 0.717) is 12.1 Å². The lowest BCUT2D eigenvalue weighted by Gasteiger charge is -2.28. The molecule has 0 spiro atoms. The van der Waals surface area contributed by atoms with Gasteiger partial charge in [0.1, 0.15) is 23.9 Å². The number of nitrogens with two attached hydrogens (primary N) is 1. The number of benzene rings is 2. The zero-order chi connectivity index (χ0) is 33.4. The number of nitrogens with one attached hydrogen (secondary N) is 2. The highest BCUT2D eigenvalue weighted by Crippen LogP contribution is 2.47. The van der Waals surface area contributed by atoms with Crippen molar-refractivity contribution in [2.75, 3.05) is 24.5 Å². The number of aliphatic carboxylic acids is 1. The molecule has 0 amide bonds. The number of imidazole rings is 1. The molecule has 1 aliphatic heterocycles. The smallest absolute Gasteiger partial charge is 0.366 e. The topological polar surface area (TPSA) is 216 Å². The van der Waals surface area contributed by atoms with Crippen molar-refractivity contribution in [2.24, 2.45) is 5.41 Å². The van der Waals surface area contributed by atoms with Crippen molar-refractivity contribution < 1.29 is 38.7 Å². The van der Waals surface area contributed by atoms with Gasteiger partial charge in [0.05, 0.1) is 25.7 Å². The molecule has 7 N–H and O–H groups in total. The molecule has 0 radical (unpaired) electrons. The molecule has 2 unspecified atom stereocenters. The summed E-state index contributed by atoms with van der Waals surface area (Å²) in [4.78, 5) is 24.8. The van der Waals surface area contributed by atoms with Gasteiger partial charge in [-0.3, -0.25) is 13.9 Å². The van der Waals surface area contributed by atoms with E-state index in [1.54, 1.807) is 12.1 Å². The number of ether oxygens (including phenoxy) is 2. The first-order valence-corrected chi connectivity index (χ1v) is 16.4. The van der Waals surface area contributed by atoms with Crippen LogP contribution in [0, 0.1) is 5.41 Å². The molecule has 1 aliphatic rings. The van der Waals surface area contributed by atoms with Crippen LogP contribution in [0.4, 0.5) is 11.6 Å². The van der Waals surface area contributed by atoms with Gasteiger partial charge in [-0.15, -0.1) is 0 Å². The molecule has 46 heavy (non-hydrogen) atoms. The quantitative estimate of drug-likeness (QED) is 0.120. The highest BCUT2D eigenvalue weighted by atomic mass is 31.2. The zero-order valence-electron chi connectivity index (χ0n) is 26.2. The van der Waals surface area contributed by atoms with Crippen molar-refractivity contribution in [1.29, 1.82) is 0 Å². The normalized spacial score (nSPS) is 23.8. The van der Waals surface area contributed by atoms with Gasteiger partial charge in [0.15, 0.2) is 17.4 Å². The van der Waals surface area contributed by atoms with Gasteiger partial charge >= 0.3 is 13.6 Å². The minimum Gasteiger partial charge on any atom is -0.480 e. The second-order valence-electron chi connectivity index (χ2n) is 12.7. The number of rotatable bonds is 12. The molecule has 1 fully saturated rings. The van der Waals surface area contributed by atoms with Crippen molar-refractivity contribution in [3.8, 4) is 5.88 Å². The molecule has 16 heteroatoms. The fraction of sp³-hybridized carbons (Fsp3) is 0.467. The van der Waals surface area contributed by atoms with Crippen LogP contribution >= 0.6 is 7.67 Å². The molecule has 6 atom stereocenters. The lowest BCUT2D eigenvalue weighted by molar-refractivity contribution is -0.139. The molecule has 2 aromatic carbocycles. The van der Waals surface area contributed by atoms with Crippen molar-refractivity contribution in [3.63, 3.8) is 0 Å². The highest BCUT2D eigenvalue weighted by Gasteiger charge is 2.54. The minimum absolute atomic E-state index is 0.102. The third kappa shape index (κ3) is 6.94. The molecule has 4 aromatic rings. The Hall–Kier alpha value is -3.85. The molecular formula is C30H40N7O8P. The summed E-state index contributed by atoms with van der Waals surface area (Å²) >= 11 is 0. The van der Waals surface area contributed by atoms with Gasteiger partial charge in [-0.25, -0.2) is 14.6 Å². The van der Waals surface area contributed by atoms with Crippen molar-refractivity contribution in [2.45, 2.75) is 70.6 Å². The summed E-state index contributed by atoms with van der Waals surface area (Å²) in [6.07, 6.45) is -1.92. The van der Waals surface area contributed by atoms with Crippen LogP contribution in [0.15, 0.2) is 48.8 Å². The summed E-state index contributed by atoms with van der Waals surface area (Å²) in [6.45, 7) is 6.83. The van der Waals surface area contributed by atoms with Crippen LogP contribution in [0.1, 0.15) is 46.8 Å². The predicted octanol–water partition coefficient (Wildman–Crippen LogP) is 3.69. The summed E-state index contributed by atoms with van der Waals surface area (Å²) in [7, 11) is -2.82. The number of nitrogens with zero attached hydrogens (tertiary/aromatic N) is 4. The molecule has 0 saturated carbocycles. The van der Waals surface area contributed by atoms with Crippen molar-refractivity contribution in [3.05, 3.63) is 48.8 Å². The van der Waals surface area contributed by atoms with Crippen molar-refractivity contribution >= 4 is 47.2 Å². The van der Waals surface area contributed by atoms with E-state index in [1.807, 2.05) is 51.1 Å². The van der Waals surface area contributed by atoms with Crippen LogP contribution in [0.5, 0.6) is 5.88 Å². The van der Waals surface area contributed by atoms with Gasteiger partial charge in [0.2, 0.25) is 11.8 Å². The summed E-state index contributed by atoms with van der Waals surface area (Å²) < 4.78 is 33.2. The minimum atomic E-state index is -4.22. The SMILES string of the molecule is COc1nc(N)nc2c1ncn2C1O[C@H](COP(=O)(Nc2cccc3ccccc23)N[C@@H](CCC(C)(C)C)C(=O)O)[C@@H](O)[C@@]1(C)O. The number of fused-ring (bicyclic) bond motifs is 2. The van der Waals surface area contributed by atoms with Gasteiger partial charge in [0.25, 0.3) is 0 Å². The molecule has 0 bridgehead atoms. The van der Waals surface area contributed by atoms with Crippen molar-refractivity contribution in [1.82, 2.24) is 24.6 Å². The summed E-state index contributed by atoms with van der Waals surface area (Å²) in [6, 6.07) is 11.6. The van der Waals surface area contributed by atoms with E-state index in [4.69, 9.17) is 19.7 Å². The Morgan fingerprint density at radius 1 is 1.22 bits per heavy atom. The third-order valence-electron chi connectivity index (χ3n) is 7.89. The zero-order valence-corrected chi connectivity index (χ0v) is 27.1. The van der Waals surface area contributed by atoms with E-state index in [-0.39, 0.29) is 34.8 Å². The van der Waals surface area contributed by atoms with E-state index in [1.165, 1.54) is 24.9 Å². The van der Waals surface area contributed by atoms with Crippen LogP contribution in [0.3, 0.4) is 0 Å². The molecular weight excluding hydrogens is 617 g/mol. The number of aliphatic hydroxyl groups is 2. The van der Waals surface area contributed by atoms with Crippen LogP contribution in [0.2, 0.25) is 0 Å². The number of methoxy groups -OCH3 is 1. The van der Waals surface area contributed by atoms with E-state index >= 15 is 0 Å². The molecule has 1 saturated heterocycles. The maximum absolute atomic E-state index is 14.5. The summed E-state index contributed by atoms with van der Waals surface area (Å²) in [5.74, 6) is -1.18. The first kappa shape index (κ1) is 33.5. The Morgan fingerprint density at radius 3 is 2.63 bits per heavy atom. The Morgan fingerprint density at radius 2 is 1.93 bits per heavy atom. The number of hydrogen-bond donors (Lipinski definition) is 6. The van der Waals surface area contributed by atoms with Crippen LogP contribution < -0.4 is 20.6 Å². The van der Waals surface area contributed by atoms with Crippen LogP contribution in [-0.2, 0) is 18.6 Å². The number of nitrogen functional groups attached to an aromatic ring is 1. The van der Waals surface area contributed by atoms with E-state index in [9.17, 15) is 24.7 Å². The second-order valence-corrected chi connectivity index (χ2v) is 14.6. The fourth-order valence-electron chi connectivity index (χ4n) is 5.39. The van der Waals surface area contributed by atoms with Gasteiger partial charge in [-0.1, -0.05) is 57.2 Å². The average Bonchev–Trinajstić information content (AvgIpc) is 3.50. The number of aliphatic hydroxyl groups excluding tert-OH is 1. The maximum atomic E-state index is 14.5. The summed E-state index contributed by atoms with van der Waals surface area (Å²) in [5.41, 5.74) is 4.67. The van der Waals surface area contributed by atoms with Gasteiger partial charge < -0.3 is 35.6 Å². The predicted molar refractivity (Wildman–Crippen MR) is 171 cm³/mol. The number of aromatic nitrogens is 4. The molecule has 3 heterocycles.